The number of aliphatic hydroxyl groups is 1. The number of fused-ring (bicyclic) bond motifs is 1. The van der Waals surface area contributed by atoms with E-state index in [2.05, 4.69) is 9.80 Å². The Kier molecular flexibility index (Phi) is 5.38. The molecule has 2 heterocycles. The van der Waals surface area contributed by atoms with E-state index in [0.717, 1.165) is 13.1 Å². The van der Waals surface area contributed by atoms with E-state index in [1.807, 2.05) is 0 Å². The molecular formula is C13H27N3O2. The minimum atomic E-state index is -0.104. The zero-order chi connectivity index (χ0) is 13.0. The highest BCUT2D eigenvalue weighted by Gasteiger charge is 2.33. The monoisotopic (exact) mass is 257 g/mol. The predicted molar refractivity (Wildman–Crippen MR) is 71.5 cm³/mol. The predicted octanol–water partition coefficient (Wildman–Crippen LogP) is -0.509. The van der Waals surface area contributed by atoms with Crippen molar-refractivity contribution in [1.82, 2.24) is 9.80 Å². The van der Waals surface area contributed by atoms with Gasteiger partial charge in [0.05, 0.1) is 19.3 Å². The van der Waals surface area contributed by atoms with Gasteiger partial charge in [0.1, 0.15) is 0 Å². The number of rotatable bonds is 5. The van der Waals surface area contributed by atoms with E-state index in [1.54, 1.807) is 7.11 Å². The maximum absolute atomic E-state index is 9.62. The summed E-state index contributed by atoms with van der Waals surface area (Å²) in [5, 5.41) is 9.62. The minimum absolute atomic E-state index is 0.0329. The maximum atomic E-state index is 9.62. The van der Waals surface area contributed by atoms with Gasteiger partial charge in [0, 0.05) is 25.7 Å². The molecule has 2 aliphatic heterocycles. The second-order valence-corrected chi connectivity index (χ2v) is 5.55. The zero-order valence-corrected chi connectivity index (χ0v) is 11.4. The summed E-state index contributed by atoms with van der Waals surface area (Å²) in [6.45, 7) is 5.15. The molecule has 2 saturated heterocycles. The highest BCUT2D eigenvalue weighted by Crippen LogP contribution is 2.22. The number of nitrogens with two attached hydrogens (primary N) is 1. The topological polar surface area (TPSA) is 62.0 Å². The molecule has 2 fully saturated rings. The second kappa shape index (κ2) is 6.82. The fourth-order valence-electron chi connectivity index (χ4n) is 3.36. The van der Waals surface area contributed by atoms with Crippen molar-refractivity contribution < 1.29 is 9.84 Å². The molecule has 0 aromatic carbocycles. The highest BCUT2D eigenvalue weighted by atomic mass is 16.5. The zero-order valence-electron chi connectivity index (χ0n) is 11.4. The van der Waals surface area contributed by atoms with Gasteiger partial charge in [0.2, 0.25) is 0 Å². The van der Waals surface area contributed by atoms with Crippen molar-refractivity contribution >= 4 is 0 Å². The standard InChI is InChI=1S/C13H27N3O2/c1-18-10-12(14)13(9-17)16-7-3-6-15-5-2-4-11(15)8-16/h11-13,17H,2-10,14H2,1H3. The molecule has 0 bridgehead atoms. The molecule has 0 radical (unpaired) electrons. The van der Waals surface area contributed by atoms with Crippen LogP contribution in [-0.2, 0) is 4.74 Å². The minimum Gasteiger partial charge on any atom is -0.395 e. The summed E-state index contributed by atoms with van der Waals surface area (Å²) in [5.41, 5.74) is 6.12. The molecule has 3 unspecified atom stereocenters. The third-order valence-corrected chi connectivity index (χ3v) is 4.34. The molecule has 0 saturated carbocycles. The van der Waals surface area contributed by atoms with Gasteiger partial charge >= 0.3 is 0 Å². The third-order valence-electron chi connectivity index (χ3n) is 4.34. The highest BCUT2D eigenvalue weighted by molar-refractivity contribution is 4.90. The first-order chi connectivity index (χ1) is 8.76. The van der Waals surface area contributed by atoms with E-state index >= 15 is 0 Å². The molecule has 106 valence electrons. The SMILES string of the molecule is COCC(N)C(CO)N1CCCN2CCCC2C1. The summed E-state index contributed by atoms with van der Waals surface area (Å²) in [6.07, 6.45) is 3.77. The Morgan fingerprint density at radius 1 is 1.33 bits per heavy atom. The quantitative estimate of drug-likeness (QED) is 0.695. The number of hydrogen-bond donors (Lipinski definition) is 2. The number of methoxy groups -OCH3 is 1. The first-order valence-electron chi connectivity index (χ1n) is 7.09. The maximum Gasteiger partial charge on any atom is 0.0629 e. The number of aliphatic hydroxyl groups excluding tert-OH is 1. The lowest BCUT2D eigenvalue weighted by molar-refractivity contribution is 0.0661. The molecule has 0 aromatic rings. The van der Waals surface area contributed by atoms with Crippen LogP contribution in [0.4, 0.5) is 0 Å². The molecular weight excluding hydrogens is 230 g/mol. The van der Waals surface area contributed by atoms with E-state index in [0.29, 0.717) is 12.6 Å². The Hall–Kier alpha value is -0.200. The van der Waals surface area contributed by atoms with Gasteiger partial charge in [-0.25, -0.2) is 0 Å². The van der Waals surface area contributed by atoms with Crippen LogP contribution in [0.3, 0.4) is 0 Å². The summed E-state index contributed by atoms with van der Waals surface area (Å²) < 4.78 is 5.12. The van der Waals surface area contributed by atoms with Crippen LogP contribution < -0.4 is 5.73 Å². The smallest absolute Gasteiger partial charge is 0.0629 e. The third kappa shape index (κ3) is 3.22. The van der Waals surface area contributed by atoms with Crippen molar-refractivity contribution in [3.05, 3.63) is 0 Å². The van der Waals surface area contributed by atoms with E-state index in [-0.39, 0.29) is 18.7 Å². The Bertz CT molecular complexity index is 252. The average molecular weight is 257 g/mol. The summed E-state index contributed by atoms with van der Waals surface area (Å²) in [7, 11) is 1.66. The van der Waals surface area contributed by atoms with Crippen LogP contribution in [0.25, 0.3) is 0 Å². The van der Waals surface area contributed by atoms with Crippen molar-refractivity contribution in [2.45, 2.75) is 37.4 Å². The fraction of sp³-hybridized carbons (Fsp3) is 1.00. The Morgan fingerprint density at radius 3 is 2.83 bits per heavy atom. The van der Waals surface area contributed by atoms with Crippen molar-refractivity contribution in [1.29, 1.82) is 0 Å². The van der Waals surface area contributed by atoms with Gasteiger partial charge in [-0.3, -0.25) is 9.80 Å². The molecule has 0 amide bonds. The van der Waals surface area contributed by atoms with Crippen molar-refractivity contribution in [2.24, 2.45) is 5.73 Å². The Labute approximate surface area is 110 Å². The van der Waals surface area contributed by atoms with Gasteiger partial charge in [0.25, 0.3) is 0 Å². The number of nitrogens with zero attached hydrogens (tertiary/aromatic N) is 2. The molecule has 5 heteroatoms. The Morgan fingerprint density at radius 2 is 2.11 bits per heavy atom. The molecule has 2 rings (SSSR count). The van der Waals surface area contributed by atoms with Gasteiger partial charge < -0.3 is 15.6 Å². The van der Waals surface area contributed by atoms with Crippen LogP contribution in [0.2, 0.25) is 0 Å². The van der Waals surface area contributed by atoms with Gasteiger partial charge in [-0.1, -0.05) is 0 Å². The molecule has 0 aromatic heterocycles. The van der Waals surface area contributed by atoms with Crippen molar-refractivity contribution in [3.8, 4) is 0 Å². The van der Waals surface area contributed by atoms with Crippen LogP contribution in [0.15, 0.2) is 0 Å². The van der Waals surface area contributed by atoms with Gasteiger partial charge in [-0.2, -0.15) is 0 Å². The molecule has 2 aliphatic rings. The lowest BCUT2D eigenvalue weighted by Crippen LogP contribution is -2.54. The first-order valence-corrected chi connectivity index (χ1v) is 7.09. The molecule has 0 aliphatic carbocycles. The van der Waals surface area contributed by atoms with Crippen LogP contribution in [0.5, 0.6) is 0 Å². The van der Waals surface area contributed by atoms with Crippen LogP contribution >= 0.6 is 0 Å². The lowest BCUT2D eigenvalue weighted by Gasteiger charge is -2.34. The molecule has 3 N–H and O–H groups in total. The summed E-state index contributed by atoms with van der Waals surface area (Å²) in [4.78, 5) is 4.97. The fourth-order valence-corrected chi connectivity index (χ4v) is 3.36. The number of ether oxygens (including phenoxy) is 1. The van der Waals surface area contributed by atoms with Crippen molar-refractivity contribution in [2.75, 3.05) is 46.5 Å². The summed E-state index contributed by atoms with van der Waals surface area (Å²) in [6, 6.07) is 0.592. The van der Waals surface area contributed by atoms with Crippen LogP contribution in [-0.4, -0.2) is 79.5 Å². The van der Waals surface area contributed by atoms with Crippen molar-refractivity contribution in [3.63, 3.8) is 0 Å². The summed E-state index contributed by atoms with van der Waals surface area (Å²) in [5.74, 6) is 0. The Balaban J connectivity index is 1.96. The van der Waals surface area contributed by atoms with Crippen LogP contribution in [0.1, 0.15) is 19.3 Å². The van der Waals surface area contributed by atoms with E-state index < -0.39 is 0 Å². The van der Waals surface area contributed by atoms with E-state index in [4.69, 9.17) is 10.5 Å². The number of hydrogen-bond acceptors (Lipinski definition) is 5. The van der Waals surface area contributed by atoms with Gasteiger partial charge in [-0.05, 0) is 38.9 Å². The largest absolute Gasteiger partial charge is 0.395 e. The summed E-state index contributed by atoms with van der Waals surface area (Å²) >= 11 is 0. The molecule has 0 spiro atoms. The molecule has 5 nitrogen and oxygen atoms in total. The van der Waals surface area contributed by atoms with Gasteiger partial charge in [-0.15, -0.1) is 0 Å². The van der Waals surface area contributed by atoms with E-state index in [1.165, 1.54) is 32.4 Å². The molecule has 3 atom stereocenters. The van der Waals surface area contributed by atoms with Crippen LogP contribution in [0, 0.1) is 0 Å². The molecule has 18 heavy (non-hydrogen) atoms. The van der Waals surface area contributed by atoms with E-state index in [9.17, 15) is 5.11 Å². The normalized spacial score (nSPS) is 29.8. The first kappa shape index (κ1) is 14.2. The second-order valence-electron chi connectivity index (χ2n) is 5.55. The van der Waals surface area contributed by atoms with Gasteiger partial charge in [0.15, 0.2) is 0 Å². The average Bonchev–Trinajstić information content (AvgIpc) is 2.69. The lowest BCUT2D eigenvalue weighted by atomic mass is 10.1.